The van der Waals surface area contributed by atoms with E-state index >= 15 is 0 Å². The van der Waals surface area contributed by atoms with Gasteiger partial charge in [-0.05, 0) is 25.1 Å². The summed E-state index contributed by atoms with van der Waals surface area (Å²) < 4.78 is 0. The number of carbonyl (C=O) groups is 2. The number of nitrogens with zero attached hydrogens (tertiary/aromatic N) is 1. The van der Waals surface area contributed by atoms with E-state index in [1.54, 1.807) is 12.1 Å². The Labute approximate surface area is 158 Å². The number of amides is 2. The molecule has 0 spiro atoms. The van der Waals surface area contributed by atoms with E-state index in [0.717, 1.165) is 13.0 Å². The lowest BCUT2D eigenvalue weighted by Crippen LogP contribution is -2.39. The highest BCUT2D eigenvalue weighted by atomic mass is 16.2. The summed E-state index contributed by atoms with van der Waals surface area (Å²) in [6.45, 7) is 3.06. The Hall–Kier alpha value is -1.68. The average molecular weight is 359 g/mol. The van der Waals surface area contributed by atoms with E-state index in [-0.39, 0.29) is 24.3 Å². The van der Waals surface area contributed by atoms with Crippen molar-refractivity contribution in [3.05, 3.63) is 30.3 Å². The van der Waals surface area contributed by atoms with Gasteiger partial charge in [0.15, 0.2) is 0 Å². The van der Waals surface area contributed by atoms with Crippen LogP contribution in [-0.4, -0.2) is 24.4 Å². The second-order valence-electron chi connectivity index (χ2n) is 7.30. The maximum absolute atomic E-state index is 12.5. The summed E-state index contributed by atoms with van der Waals surface area (Å²) in [5, 5.41) is 3.27. The molecule has 26 heavy (non-hydrogen) atoms. The van der Waals surface area contributed by atoms with E-state index in [9.17, 15) is 9.59 Å². The van der Waals surface area contributed by atoms with Gasteiger partial charge in [-0.2, -0.15) is 0 Å². The van der Waals surface area contributed by atoms with E-state index < -0.39 is 0 Å². The SMILES string of the molecule is CCCCCCCCCCCCN[C@H]1CC(=O)N(c2ccccc2)C1=O. The Morgan fingerprint density at radius 2 is 1.46 bits per heavy atom. The quantitative estimate of drug-likeness (QED) is 0.406. The van der Waals surface area contributed by atoms with Gasteiger partial charge in [0.1, 0.15) is 0 Å². The molecule has 1 fully saturated rings. The van der Waals surface area contributed by atoms with Crippen LogP contribution in [0.1, 0.15) is 77.6 Å². The van der Waals surface area contributed by atoms with Gasteiger partial charge in [-0.25, -0.2) is 4.90 Å². The third kappa shape index (κ3) is 6.56. The van der Waals surface area contributed by atoms with Crippen LogP contribution in [0.25, 0.3) is 0 Å². The van der Waals surface area contributed by atoms with Crippen molar-refractivity contribution in [2.45, 2.75) is 83.6 Å². The standard InChI is InChI=1S/C22H34N2O2/c1-2-3-4-5-6-7-8-9-10-14-17-23-20-18-21(25)24(22(20)26)19-15-12-11-13-16-19/h11-13,15-16,20,23H,2-10,14,17-18H2,1H3/t20-/m0/s1. The van der Waals surface area contributed by atoms with Gasteiger partial charge in [0.2, 0.25) is 5.91 Å². The molecule has 2 amide bonds. The van der Waals surface area contributed by atoms with Gasteiger partial charge < -0.3 is 5.32 Å². The molecule has 4 nitrogen and oxygen atoms in total. The first-order valence-corrected chi connectivity index (χ1v) is 10.4. The highest BCUT2D eigenvalue weighted by molar-refractivity contribution is 6.22. The predicted octanol–water partition coefficient (Wildman–Crippen LogP) is 4.83. The molecule has 1 aliphatic rings. The maximum atomic E-state index is 12.5. The zero-order valence-corrected chi connectivity index (χ0v) is 16.2. The van der Waals surface area contributed by atoms with Crippen molar-refractivity contribution < 1.29 is 9.59 Å². The molecule has 144 valence electrons. The molecule has 1 heterocycles. The molecule has 0 aromatic heterocycles. The number of unbranched alkanes of at least 4 members (excludes halogenated alkanes) is 9. The van der Waals surface area contributed by atoms with Gasteiger partial charge in [0, 0.05) is 0 Å². The van der Waals surface area contributed by atoms with Crippen molar-refractivity contribution in [2.75, 3.05) is 11.4 Å². The molecule has 0 unspecified atom stereocenters. The largest absolute Gasteiger partial charge is 0.305 e. The second kappa shape index (κ2) is 11.8. The third-order valence-electron chi connectivity index (χ3n) is 5.08. The van der Waals surface area contributed by atoms with Crippen LogP contribution in [0.3, 0.4) is 0 Å². The summed E-state index contributed by atoms with van der Waals surface area (Å²) >= 11 is 0. The van der Waals surface area contributed by atoms with Gasteiger partial charge in [-0.15, -0.1) is 0 Å². The number of hydrogen-bond acceptors (Lipinski definition) is 3. The van der Waals surface area contributed by atoms with Crippen molar-refractivity contribution in [1.29, 1.82) is 0 Å². The van der Waals surface area contributed by atoms with Crippen LogP contribution in [-0.2, 0) is 9.59 Å². The fourth-order valence-corrected chi connectivity index (χ4v) is 3.53. The lowest BCUT2D eigenvalue weighted by atomic mass is 10.1. The first kappa shape index (κ1) is 20.6. The van der Waals surface area contributed by atoms with Crippen molar-refractivity contribution >= 4 is 17.5 Å². The minimum Gasteiger partial charge on any atom is -0.305 e. The second-order valence-corrected chi connectivity index (χ2v) is 7.30. The number of imide groups is 1. The van der Waals surface area contributed by atoms with Gasteiger partial charge in [-0.1, -0.05) is 82.9 Å². The fourth-order valence-electron chi connectivity index (χ4n) is 3.53. The van der Waals surface area contributed by atoms with Crippen molar-refractivity contribution in [3.8, 4) is 0 Å². The third-order valence-corrected chi connectivity index (χ3v) is 5.08. The van der Waals surface area contributed by atoms with Crippen molar-refractivity contribution in [3.63, 3.8) is 0 Å². The van der Waals surface area contributed by atoms with Crippen LogP contribution in [0.4, 0.5) is 5.69 Å². The summed E-state index contributed by atoms with van der Waals surface area (Å²) in [6, 6.07) is 8.83. The van der Waals surface area contributed by atoms with Crippen molar-refractivity contribution in [2.24, 2.45) is 0 Å². The molecule has 1 aromatic rings. The Morgan fingerprint density at radius 1 is 0.885 bits per heavy atom. The number of carbonyl (C=O) groups excluding carboxylic acids is 2. The molecule has 1 saturated heterocycles. The summed E-state index contributed by atoms with van der Waals surface area (Å²) in [5.74, 6) is -0.227. The van der Waals surface area contributed by atoms with Crippen molar-refractivity contribution in [1.82, 2.24) is 5.32 Å². The molecule has 1 N–H and O–H groups in total. The zero-order chi connectivity index (χ0) is 18.6. The molecule has 4 heteroatoms. The number of benzene rings is 1. The Morgan fingerprint density at radius 3 is 2.08 bits per heavy atom. The molecule has 0 aliphatic carbocycles. The normalized spacial score (nSPS) is 17.3. The van der Waals surface area contributed by atoms with E-state index in [1.807, 2.05) is 18.2 Å². The fraction of sp³-hybridized carbons (Fsp3) is 0.636. The van der Waals surface area contributed by atoms with Gasteiger partial charge >= 0.3 is 0 Å². The predicted molar refractivity (Wildman–Crippen MR) is 107 cm³/mol. The Kier molecular flexibility index (Phi) is 9.40. The first-order chi connectivity index (χ1) is 12.7. The monoisotopic (exact) mass is 358 g/mol. The van der Waals surface area contributed by atoms with Crippen LogP contribution in [0.2, 0.25) is 0 Å². The number of hydrogen-bond donors (Lipinski definition) is 1. The van der Waals surface area contributed by atoms with Gasteiger partial charge in [0.05, 0.1) is 18.2 Å². The van der Waals surface area contributed by atoms with Crippen LogP contribution in [0.5, 0.6) is 0 Å². The smallest absolute Gasteiger partial charge is 0.251 e. The summed E-state index contributed by atoms with van der Waals surface area (Å²) in [6.07, 6.45) is 13.3. The molecular weight excluding hydrogens is 324 g/mol. The van der Waals surface area contributed by atoms with Gasteiger partial charge in [0.25, 0.3) is 5.91 Å². The molecule has 1 atom stereocenters. The van der Waals surface area contributed by atoms with Crippen LogP contribution in [0.15, 0.2) is 30.3 Å². The van der Waals surface area contributed by atoms with Crippen LogP contribution in [0, 0.1) is 0 Å². The number of nitrogens with one attached hydrogen (secondary N) is 1. The number of rotatable bonds is 13. The summed E-state index contributed by atoms with van der Waals surface area (Å²) in [4.78, 5) is 25.9. The Balaban J connectivity index is 1.55. The Bertz CT molecular complexity index is 544. The lowest BCUT2D eigenvalue weighted by molar-refractivity contribution is -0.121. The van der Waals surface area contributed by atoms with E-state index in [2.05, 4.69) is 12.2 Å². The first-order valence-electron chi connectivity index (χ1n) is 10.4. The minimum absolute atomic E-state index is 0.109. The molecular formula is C22H34N2O2. The molecule has 2 rings (SSSR count). The highest BCUT2D eigenvalue weighted by Crippen LogP contribution is 2.22. The van der Waals surface area contributed by atoms with E-state index in [4.69, 9.17) is 0 Å². The molecule has 0 saturated carbocycles. The average Bonchev–Trinajstić information content (AvgIpc) is 2.94. The van der Waals surface area contributed by atoms with E-state index in [1.165, 1.54) is 62.7 Å². The topological polar surface area (TPSA) is 49.4 Å². The van der Waals surface area contributed by atoms with E-state index in [0.29, 0.717) is 5.69 Å². The molecule has 0 radical (unpaired) electrons. The number of para-hydroxylation sites is 1. The molecule has 1 aliphatic heterocycles. The van der Waals surface area contributed by atoms with Gasteiger partial charge in [-0.3, -0.25) is 9.59 Å². The van der Waals surface area contributed by atoms with Crippen LogP contribution >= 0.6 is 0 Å². The molecule has 0 bridgehead atoms. The van der Waals surface area contributed by atoms with Crippen LogP contribution < -0.4 is 10.2 Å². The lowest BCUT2D eigenvalue weighted by Gasteiger charge is -2.15. The molecule has 1 aromatic carbocycles. The maximum Gasteiger partial charge on any atom is 0.251 e. The zero-order valence-electron chi connectivity index (χ0n) is 16.2. The number of anilines is 1. The highest BCUT2D eigenvalue weighted by Gasteiger charge is 2.38. The summed E-state index contributed by atoms with van der Waals surface area (Å²) in [5.41, 5.74) is 0.672. The minimum atomic E-state index is -0.360. The summed E-state index contributed by atoms with van der Waals surface area (Å²) in [7, 11) is 0.